The van der Waals surface area contributed by atoms with Crippen LogP contribution in [0.5, 0.6) is 0 Å². The molecule has 0 unspecified atom stereocenters. The number of aryl methyl sites for hydroxylation is 1. The second kappa shape index (κ2) is 6.11. The van der Waals surface area contributed by atoms with Crippen LogP contribution in [0.2, 0.25) is 5.02 Å². The van der Waals surface area contributed by atoms with Crippen molar-refractivity contribution in [2.24, 2.45) is 5.73 Å². The number of anilines is 2. The molecule has 5 nitrogen and oxygen atoms in total. The fraction of sp³-hybridized carbons (Fsp3) is 0.231. The van der Waals surface area contributed by atoms with Crippen LogP contribution in [0.15, 0.2) is 17.5 Å². The van der Waals surface area contributed by atoms with E-state index in [-0.39, 0.29) is 0 Å². The van der Waals surface area contributed by atoms with Gasteiger partial charge in [-0.1, -0.05) is 11.6 Å². The molecule has 1 aromatic heterocycles. The van der Waals surface area contributed by atoms with Gasteiger partial charge in [0.15, 0.2) is 0 Å². The number of carbonyl (C=O) groups excluding carboxylic acids is 1. The molecule has 0 saturated carbocycles. The topological polar surface area (TPSA) is 94.0 Å². The lowest BCUT2D eigenvalue weighted by atomic mass is 10.1. The normalized spacial score (nSPS) is 10.5. The van der Waals surface area contributed by atoms with Gasteiger partial charge >= 0.3 is 0 Å². The Morgan fingerprint density at radius 2 is 2.25 bits per heavy atom. The molecular formula is C13H15ClN4OS. The molecule has 2 rings (SSSR count). The zero-order valence-electron chi connectivity index (χ0n) is 10.9. The molecule has 1 heterocycles. The zero-order chi connectivity index (χ0) is 14.7. The SMILES string of the molecule is Cc1nc(CCNc2c(Cl)cc(N)cc2C(N)=O)cs1. The third-order valence-corrected chi connectivity index (χ3v) is 3.85. The highest BCUT2D eigenvalue weighted by Gasteiger charge is 2.13. The molecule has 7 heteroatoms. The van der Waals surface area contributed by atoms with Crippen LogP contribution in [0.3, 0.4) is 0 Å². The van der Waals surface area contributed by atoms with Gasteiger partial charge in [0, 0.05) is 24.0 Å². The van der Waals surface area contributed by atoms with Gasteiger partial charge in [0.05, 0.1) is 27.0 Å². The van der Waals surface area contributed by atoms with Crippen LogP contribution in [0.4, 0.5) is 11.4 Å². The van der Waals surface area contributed by atoms with Crippen molar-refractivity contribution in [2.45, 2.75) is 13.3 Å². The second-order valence-electron chi connectivity index (χ2n) is 4.32. The van der Waals surface area contributed by atoms with Gasteiger partial charge in [-0.2, -0.15) is 0 Å². The van der Waals surface area contributed by atoms with Crippen LogP contribution in [-0.2, 0) is 6.42 Å². The molecular weight excluding hydrogens is 296 g/mol. The highest BCUT2D eigenvalue weighted by Crippen LogP contribution is 2.29. The smallest absolute Gasteiger partial charge is 0.250 e. The summed E-state index contributed by atoms with van der Waals surface area (Å²) in [6.45, 7) is 2.57. The van der Waals surface area contributed by atoms with Crippen LogP contribution in [-0.4, -0.2) is 17.4 Å². The van der Waals surface area contributed by atoms with E-state index in [1.165, 1.54) is 6.07 Å². The van der Waals surface area contributed by atoms with E-state index in [1.54, 1.807) is 17.4 Å². The zero-order valence-corrected chi connectivity index (χ0v) is 12.5. The molecule has 0 radical (unpaired) electrons. The number of nitrogens with one attached hydrogen (secondary N) is 1. The minimum absolute atomic E-state index is 0.296. The second-order valence-corrected chi connectivity index (χ2v) is 5.79. The minimum atomic E-state index is -0.564. The highest BCUT2D eigenvalue weighted by atomic mass is 35.5. The van der Waals surface area contributed by atoms with Gasteiger partial charge in [0.1, 0.15) is 0 Å². The number of nitrogen functional groups attached to an aromatic ring is 1. The monoisotopic (exact) mass is 310 g/mol. The average Bonchev–Trinajstić information content (AvgIpc) is 2.77. The molecule has 1 amide bonds. The molecule has 0 aliphatic heterocycles. The fourth-order valence-electron chi connectivity index (χ4n) is 1.84. The standard InChI is InChI=1S/C13H15ClN4OS/c1-7-18-9(6-20-7)2-3-17-12-10(13(16)19)4-8(15)5-11(12)14/h4-6,17H,2-3,15H2,1H3,(H2,16,19). The first-order valence-electron chi connectivity index (χ1n) is 6.01. The number of rotatable bonds is 5. The maximum atomic E-state index is 11.4. The summed E-state index contributed by atoms with van der Waals surface area (Å²) in [6.07, 6.45) is 0.739. The first kappa shape index (κ1) is 14.6. The Morgan fingerprint density at radius 1 is 1.50 bits per heavy atom. The summed E-state index contributed by atoms with van der Waals surface area (Å²) in [5, 5.41) is 6.55. The van der Waals surface area contributed by atoms with E-state index in [2.05, 4.69) is 10.3 Å². The molecule has 0 saturated heterocycles. The van der Waals surface area contributed by atoms with Crippen molar-refractivity contribution < 1.29 is 4.79 Å². The first-order valence-corrected chi connectivity index (χ1v) is 7.27. The van der Waals surface area contributed by atoms with E-state index in [4.69, 9.17) is 23.1 Å². The summed E-state index contributed by atoms with van der Waals surface area (Å²) >= 11 is 7.71. The summed E-state index contributed by atoms with van der Waals surface area (Å²) in [7, 11) is 0. The maximum absolute atomic E-state index is 11.4. The van der Waals surface area contributed by atoms with Crippen LogP contribution < -0.4 is 16.8 Å². The van der Waals surface area contributed by atoms with E-state index in [9.17, 15) is 4.79 Å². The largest absolute Gasteiger partial charge is 0.399 e. The number of amides is 1. The van der Waals surface area contributed by atoms with Crippen molar-refractivity contribution in [3.63, 3.8) is 0 Å². The molecule has 0 aliphatic carbocycles. The van der Waals surface area contributed by atoms with Crippen LogP contribution >= 0.6 is 22.9 Å². The summed E-state index contributed by atoms with van der Waals surface area (Å²) in [5.41, 5.74) is 13.2. The number of benzene rings is 1. The Bertz CT molecular complexity index is 641. The summed E-state index contributed by atoms with van der Waals surface area (Å²) in [5.74, 6) is -0.564. The Labute approximate surface area is 126 Å². The highest BCUT2D eigenvalue weighted by molar-refractivity contribution is 7.09. The van der Waals surface area contributed by atoms with E-state index >= 15 is 0 Å². The third kappa shape index (κ3) is 3.40. The lowest BCUT2D eigenvalue weighted by molar-refractivity contribution is 0.100. The molecule has 106 valence electrons. The number of carbonyl (C=O) groups is 1. The van der Waals surface area contributed by atoms with Gasteiger partial charge in [0.25, 0.3) is 5.91 Å². The molecule has 0 bridgehead atoms. The number of primary amides is 1. The molecule has 1 aromatic carbocycles. The molecule has 0 spiro atoms. The lowest BCUT2D eigenvalue weighted by Gasteiger charge is -2.12. The molecule has 0 aliphatic rings. The van der Waals surface area contributed by atoms with Gasteiger partial charge in [-0.15, -0.1) is 11.3 Å². The molecule has 0 atom stereocenters. The maximum Gasteiger partial charge on any atom is 0.250 e. The number of aromatic nitrogens is 1. The molecule has 0 fully saturated rings. The van der Waals surface area contributed by atoms with E-state index in [0.29, 0.717) is 28.5 Å². The number of halogens is 1. The van der Waals surface area contributed by atoms with Gasteiger partial charge in [0.2, 0.25) is 0 Å². The van der Waals surface area contributed by atoms with Crippen molar-refractivity contribution in [1.29, 1.82) is 0 Å². The Balaban J connectivity index is 2.10. The van der Waals surface area contributed by atoms with Crippen molar-refractivity contribution in [2.75, 3.05) is 17.6 Å². The Hall–Kier alpha value is -1.79. The molecule has 2 aromatic rings. The average molecular weight is 311 g/mol. The first-order chi connectivity index (χ1) is 9.47. The van der Waals surface area contributed by atoms with Crippen molar-refractivity contribution in [3.8, 4) is 0 Å². The third-order valence-electron chi connectivity index (χ3n) is 2.73. The van der Waals surface area contributed by atoms with E-state index in [0.717, 1.165) is 17.1 Å². The van der Waals surface area contributed by atoms with E-state index in [1.807, 2.05) is 12.3 Å². The van der Waals surface area contributed by atoms with Crippen molar-refractivity contribution in [1.82, 2.24) is 4.98 Å². The summed E-state index contributed by atoms with van der Waals surface area (Å²) in [6, 6.07) is 3.10. The summed E-state index contributed by atoms with van der Waals surface area (Å²) < 4.78 is 0. The van der Waals surface area contributed by atoms with Gasteiger partial charge in [-0.3, -0.25) is 4.79 Å². The number of hydrogen-bond acceptors (Lipinski definition) is 5. The minimum Gasteiger partial charge on any atom is -0.399 e. The van der Waals surface area contributed by atoms with Crippen LogP contribution in [0, 0.1) is 6.92 Å². The lowest BCUT2D eigenvalue weighted by Crippen LogP contribution is -2.16. The predicted octanol–water partition coefficient (Wildman–Crippen LogP) is 2.44. The number of nitrogens with zero attached hydrogens (tertiary/aromatic N) is 1. The van der Waals surface area contributed by atoms with Crippen molar-refractivity contribution in [3.05, 3.63) is 38.8 Å². The molecule has 20 heavy (non-hydrogen) atoms. The number of thiazole rings is 1. The van der Waals surface area contributed by atoms with Gasteiger partial charge in [-0.05, 0) is 19.1 Å². The van der Waals surface area contributed by atoms with Gasteiger partial charge < -0.3 is 16.8 Å². The number of hydrogen-bond donors (Lipinski definition) is 3. The fourth-order valence-corrected chi connectivity index (χ4v) is 2.78. The Kier molecular flexibility index (Phi) is 4.46. The quantitative estimate of drug-likeness (QED) is 0.739. The van der Waals surface area contributed by atoms with Crippen molar-refractivity contribution >= 4 is 40.2 Å². The molecule has 5 N–H and O–H groups in total. The summed E-state index contributed by atoms with van der Waals surface area (Å²) in [4.78, 5) is 15.8. The Morgan fingerprint density at radius 3 is 2.85 bits per heavy atom. The van der Waals surface area contributed by atoms with Gasteiger partial charge in [-0.25, -0.2) is 4.98 Å². The van der Waals surface area contributed by atoms with E-state index < -0.39 is 5.91 Å². The number of nitrogens with two attached hydrogens (primary N) is 2. The van der Waals surface area contributed by atoms with Crippen LogP contribution in [0.25, 0.3) is 0 Å². The van der Waals surface area contributed by atoms with Crippen LogP contribution in [0.1, 0.15) is 21.1 Å². The predicted molar refractivity (Wildman–Crippen MR) is 83.4 cm³/mol.